The number of H-pyrrole nitrogens is 1. The molecular formula is C24H24N2O4. The summed E-state index contributed by atoms with van der Waals surface area (Å²) in [6.45, 7) is 2.83. The van der Waals surface area contributed by atoms with E-state index in [2.05, 4.69) is 4.98 Å². The number of fused-ring (bicyclic) bond motifs is 1. The summed E-state index contributed by atoms with van der Waals surface area (Å²) >= 11 is 0. The van der Waals surface area contributed by atoms with Gasteiger partial charge in [0.25, 0.3) is 11.7 Å². The second-order valence-electron chi connectivity index (χ2n) is 7.71. The first-order valence-corrected chi connectivity index (χ1v) is 10.2. The predicted molar refractivity (Wildman–Crippen MR) is 113 cm³/mol. The van der Waals surface area contributed by atoms with Crippen LogP contribution < -0.4 is 0 Å². The lowest BCUT2D eigenvalue weighted by molar-refractivity contribution is -0.152. The van der Waals surface area contributed by atoms with Gasteiger partial charge in [-0.15, -0.1) is 0 Å². The van der Waals surface area contributed by atoms with Crippen LogP contribution in [0.25, 0.3) is 10.9 Å². The molecule has 1 atom stereocenters. The number of carbonyl (C=O) groups excluding carboxylic acids is 3. The van der Waals surface area contributed by atoms with Crippen LogP contribution in [0.2, 0.25) is 0 Å². The molecule has 6 nitrogen and oxygen atoms in total. The number of hydrogen-bond donors (Lipinski definition) is 1. The first-order valence-electron chi connectivity index (χ1n) is 10.2. The normalized spacial score (nSPS) is 16.4. The highest BCUT2D eigenvalue weighted by Gasteiger charge is 2.33. The van der Waals surface area contributed by atoms with Gasteiger partial charge in [-0.1, -0.05) is 48.5 Å². The molecule has 4 rings (SSSR count). The molecule has 154 valence electrons. The zero-order valence-corrected chi connectivity index (χ0v) is 16.9. The molecule has 0 bridgehead atoms. The Hall–Kier alpha value is -3.41. The molecule has 1 aliphatic rings. The SMILES string of the molecule is Cc1cccc2c(C(=O)C(=O)N3CCCC(C(=O)OCc4ccccc4)C3)c[nH]c12. The van der Waals surface area contributed by atoms with E-state index in [-0.39, 0.29) is 19.1 Å². The zero-order valence-electron chi connectivity index (χ0n) is 16.9. The number of ether oxygens (including phenoxy) is 1. The number of piperidine rings is 1. The monoisotopic (exact) mass is 404 g/mol. The highest BCUT2D eigenvalue weighted by molar-refractivity contribution is 6.44. The molecule has 1 saturated heterocycles. The number of nitrogens with one attached hydrogen (secondary N) is 1. The molecule has 0 radical (unpaired) electrons. The summed E-state index contributed by atoms with van der Waals surface area (Å²) in [6.07, 6.45) is 2.91. The number of likely N-dealkylation sites (tertiary alicyclic amines) is 1. The van der Waals surface area contributed by atoms with Gasteiger partial charge in [-0.05, 0) is 30.9 Å². The lowest BCUT2D eigenvalue weighted by Crippen LogP contribution is -2.45. The van der Waals surface area contributed by atoms with Crippen LogP contribution in [0.4, 0.5) is 0 Å². The van der Waals surface area contributed by atoms with Crippen molar-refractivity contribution in [2.45, 2.75) is 26.4 Å². The second kappa shape index (κ2) is 8.53. The van der Waals surface area contributed by atoms with E-state index < -0.39 is 17.6 Å². The fourth-order valence-corrected chi connectivity index (χ4v) is 3.95. The van der Waals surface area contributed by atoms with Gasteiger partial charge in [-0.25, -0.2) is 0 Å². The summed E-state index contributed by atoms with van der Waals surface area (Å²) in [4.78, 5) is 42.8. The van der Waals surface area contributed by atoms with Crippen molar-refractivity contribution in [1.82, 2.24) is 9.88 Å². The number of amides is 1. The maximum absolute atomic E-state index is 12.9. The number of nitrogens with zero attached hydrogens (tertiary/aromatic N) is 1. The van der Waals surface area contributed by atoms with Crippen molar-refractivity contribution < 1.29 is 19.1 Å². The third kappa shape index (κ3) is 3.99. The Balaban J connectivity index is 1.42. The standard InChI is InChI=1S/C24H24N2O4/c1-16-7-5-11-19-20(13-25-21(16)19)22(27)23(28)26-12-6-10-18(14-26)24(29)30-15-17-8-3-2-4-9-17/h2-5,7-9,11,13,18,25H,6,10,12,14-15H2,1H3. The van der Waals surface area contributed by atoms with E-state index in [1.165, 1.54) is 4.90 Å². The van der Waals surface area contributed by atoms with E-state index in [1.54, 1.807) is 6.20 Å². The fraction of sp³-hybridized carbons (Fsp3) is 0.292. The number of rotatable bonds is 5. The number of Topliss-reactive ketones (excluding diaryl/α,β-unsaturated/α-hetero) is 1. The minimum absolute atomic E-state index is 0.206. The molecule has 2 aromatic carbocycles. The van der Waals surface area contributed by atoms with Crippen molar-refractivity contribution >= 4 is 28.6 Å². The van der Waals surface area contributed by atoms with Gasteiger partial charge in [0, 0.05) is 30.2 Å². The maximum atomic E-state index is 12.9. The second-order valence-corrected chi connectivity index (χ2v) is 7.71. The largest absolute Gasteiger partial charge is 0.461 e. The number of aromatic nitrogens is 1. The van der Waals surface area contributed by atoms with E-state index in [1.807, 2.05) is 55.5 Å². The lowest BCUT2D eigenvalue weighted by atomic mass is 9.97. The molecule has 2 heterocycles. The third-order valence-corrected chi connectivity index (χ3v) is 5.63. The quantitative estimate of drug-likeness (QED) is 0.400. The number of para-hydroxylation sites is 1. The van der Waals surface area contributed by atoms with Gasteiger partial charge in [0.15, 0.2) is 0 Å². The van der Waals surface area contributed by atoms with Crippen LogP contribution in [-0.4, -0.2) is 40.6 Å². The van der Waals surface area contributed by atoms with Crippen LogP contribution in [0, 0.1) is 12.8 Å². The highest BCUT2D eigenvalue weighted by Crippen LogP contribution is 2.24. The molecule has 1 N–H and O–H groups in total. The summed E-state index contributed by atoms with van der Waals surface area (Å²) in [5, 5.41) is 0.740. The molecule has 1 unspecified atom stereocenters. The van der Waals surface area contributed by atoms with Gasteiger partial charge in [-0.3, -0.25) is 14.4 Å². The maximum Gasteiger partial charge on any atom is 0.311 e. The summed E-state index contributed by atoms with van der Waals surface area (Å²) < 4.78 is 5.43. The van der Waals surface area contributed by atoms with Crippen LogP contribution in [0.1, 0.15) is 34.3 Å². The number of carbonyl (C=O) groups is 3. The molecule has 0 saturated carbocycles. The van der Waals surface area contributed by atoms with Gasteiger partial charge in [0.1, 0.15) is 6.61 Å². The van der Waals surface area contributed by atoms with E-state index in [0.29, 0.717) is 24.9 Å². The average molecular weight is 404 g/mol. The Morgan fingerprint density at radius 3 is 2.70 bits per heavy atom. The molecule has 6 heteroatoms. The van der Waals surface area contributed by atoms with Crippen molar-refractivity contribution in [3.05, 3.63) is 71.4 Å². The molecule has 1 fully saturated rings. The van der Waals surface area contributed by atoms with Crippen LogP contribution >= 0.6 is 0 Å². The predicted octanol–water partition coefficient (Wildman–Crippen LogP) is 3.64. The minimum Gasteiger partial charge on any atom is -0.461 e. The van der Waals surface area contributed by atoms with E-state index in [4.69, 9.17) is 4.74 Å². The molecule has 3 aromatic rings. The molecule has 1 aliphatic heterocycles. The van der Waals surface area contributed by atoms with Crippen molar-refractivity contribution in [3.63, 3.8) is 0 Å². The van der Waals surface area contributed by atoms with Gasteiger partial charge in [0.05, 0.1) is 11.5 Å². The van der Waals surface area contributed by atoms with Crippen molar-refractivity contribution in [2.24, 2.45) is 5.92 Å². The third-order valence-electron chi connectivity index (χ3n) is 5.63. The van der Waals surface area contributed by atoms with Crippen LogP contribution in [0.5, 0.6) is 0 Å². The minimum atomic E-state index is -0.571. The smallest absolute Gasteiger partial charge is 0.311 e. The topological polar surface area (TPSA) is 79.5 Å². The van der Waals surface area contributed by atoms with E-state index in [0.717, 1.165) is 22.0 Å². The lowest BCUT2D eigenvalue weighted by Gasteiger charge is -2.31. The van der Waals surface area contributed by atoms with Crippen molar-refractivity contribution in [1.29, 1.82) is 0 Å². The Labute approximate surface area is 174 Å². The van der Waals surface area contributed by atoms with Gasteiger partial charge >= 0.3 is 5.97 Å². The number of esters is 1. The molecular weight excluding hydrogens is 380 g/mol. The Kier molecular flexibility index (Phi) is 5.65. The van der Waals surface area contributed by atoms with Crippen LogP contribution in [0.15, 0.2) is 54.7 Å². The number of aryl methyl sites for hydroxylation is 1. The van der Waals surface area contributed by atoms with Gasteiger partial charge in [0.2, 0.25) is 0 Å². The number of benzene rings is 2. The van der Waals surface area contributed by atoms with Crippen molar-refractivity contribution in [3.8, 4) is 0 Å². The molecule has 0 aliphatic carbocycles. The first-order chi connectivity index (χ1) is 14.5. The molecule has 0 spiro atoms. The Morgan fingerprint density at radius 1 is 1.10 bits per heavy atom. The van der Waals surface area contributed by atoms with Crippen LogP contribution in [0.3, 0.4) is 0 Å². The summed E-state index contributed by atoms with van der Waals surface area (Å²) in [7, 11) is 0. The molecule has 1 aromatic heterocycles. The summed E-state index contributed by atoms with van der Waals surface area (Å²) in [5.41, 5.74) is 3.15. The Bertz CT molecular complexity index is 1090. The summed E-state index contributed by atoms with van der Waals surface area (Å²) in [6, 6.07) is 15.1. The van der Waals surface area contributed by atoms with Crippen LogP contribution in [-0.2, 0) is 20.9 Å². The number of aromatic amines is 1. The Morgan fingerprint density at radius 2 is 1.90 bits per heavy atom. The zero-order chi connectivity index (χ0) is 21.1. The molecule has 30 heavy (non-hydrogen) atoms. The fourth-order valence-electron chi connectivity index (χ4n) is 3.95. The van der Waals surface area contributed by atoms with Gasteiger partial charge in [-0.2, -0.15) is 0 Å². The number of ketones is 1. The van der Waals surface area contributed by atoms with Gasteiger partial charge < -0.3 is 14.6 Å². The average Bonchev–Trinajstić information content (AvgIpc) is 3.23. The first kappa shape index (κ1) is 19.9. The van der Waals surface area contributed by atoms with E-state index in [9.17, 15) is 14.4 Å². The molecule has 1 amide bonds. The van der Waals surface area contributed by atoms with E-state index >= 15 is 0 Å². The summed E-state index contributed by atoms with van der Waals surface area (Å²) in [5.74, 6) is -1.86. The highest BCUT2D eigenvalue weighted by atomic mass is 16.5. The van der Waals surface area contributed by atoms with Crippen molar-refractivity contribution in [2.75, 3.05) is 13.1 Å². The number of hydrogen-bond acceptors (Lipinski definition) is 4.